The zero-order valence-electron chi connectivity index (χ0n) is 12.1. The molecule has 0 spiro atoms. The first kappa shape index (κ1) is 14.8. The fraction of sp³-hybridized carbons (Fsp3) is 0.357. The number of para-hydroxylation sites is 1. The maximum atomic E-state index is 12.2. The highest BCUT2D eigenvalue weighted by Crippen LogP contribution is 2.20. The molecule has 0 atom stereocenters. The van der Waals surface area contributed by atoms with Crippen LogP contribution in [0.5, 0.6) is 0 Å². The normalized spacial score (nSPS) is 14.6. The predicted molar refractivity (Wildman–Crippen MR) is 78.0 cm³/mol. The van der Waals surface area contributed by atoms with Crippen molar-refractivity contribution in [1.82, 2.24) is 15.1 Å². The second kappa shape index (κ2) is 6.25. The van der Waals surface area contributed by atoms with E-state index >= 15 is 0 Å². The number of carbonyl (C=O) groups is 3. The highest BCUT2D eigenvalue weighted by Gasteiger charge is 2.36. The summed E-state index contributed by atoms with van der Waals surface area (Å²) in [5.74, 6) is -0.261. The fourth-order valence-electron chi connectivity index (χ4n) is 2.00. The zero-order chi connectivity index (χ0) is 15.4. The van der Waals surface area contributed by atoms with Crippen LogP contribution in [0.1, 0.15) is 0 Å². The molecule has 1 aromatic rings. The van der Waals surface area contributed by atoms with E-state index in [9.17, 15) is 14.4 Å². The van der Waals surface area contributed by atoms with Gasteiger partial charge in [0.1, 0.15) is 6.54 Å². The van der Waals surface area contributed by atoms with E-state index in [4.69, 9.17) is 0 Å². The molecule has 112 valence electrons. The summed E-state index contributed by atoms with van der Waals surface area (Å²) in [5.41, 5.74) is 0.690. The Morgan fingerprint density at radius 3 is 2.52 bits per heavy atom. The van der Waals surface area contributed by atoms with Gasteiger partial charge in [-0.3, -0.25) is 14.6 Å². The van der Waals surface area contributed by atoms with Gasteiger partial charge in [0, 0.05) is 32.9 Å². The maximum absolute atomic E-state index is 12.2. The molecule has 0 saturated carbocycles. The van der Waals surface area contributed by atoms with Crippen LogP contribution in [0.15, 0.2) is 30.3 Å². The number of rotatable bonds is 4. The van der Waals surface area contributed by atoms with E-state index in [-0.39, 0.29) is 37.6 Å². The van der Waals surface area contributed by atoms with Crippen LogP contribution in [0.2, 0.25) is 0 Å². The summed E-state index contributed by atoms with van der Waals surface area (Å²) in [6.07, 6.45) is 0. The van der Waals surface area contributed by atoms with Gasteiger partial charge in [0.15, 0.2) is 0 Å². The van der Waals surface area contributed by atoms with Crippen molar-refractivity contribution in [3.8, 4) is 0 Å². The van der Waals surface area contributed by atoms with Crippen molar-refractivity contribution in [2.24, 2.45) is 0 Å². The van der Waals surface area contributed by atoms with Crippen molar-refractivity contribution in [1.29, 1.82) is 0 Å². The summed E-state index contributed by atoms with van der Waals surface area (Å²) in [4.78, 5) is 39.5. The molecule has 2 rings (SSSR count). The first-order valence-corrected chi connectivity index (χ1v) is 6.63. The van der Waals surface area contributed by atoms with Crippen molar-refractivity contribution < 1.29 is 14.4 Å². The smallest absolute Gasteiger partial charge is 0.331 e. The lowest BCUT2D eigenvalue weighted by molar-refractivity contribution is -0.124. The lowest BCUT2D eigenvalue weighted by Gasteiger charge is -2.18. The third-order valence-corrected chi connectivity index (χ3v) is 3.14. The van der Waals surface area contributed by atoms with E-state index in [0.29, 0.717) is 5.69 Å². The Labute approximate surface area is 123 Å². The molecule has 7 heteroatoms. The monoisotopic (exact) mass is 290 g/mol. The average molecular weight is 290 g/mol. The van der Waals surface area contributed by atoms with Gasteiger partial charge in [-0.2, -0.15) is 0 Å². The number of amides is 5. The highest BCUT2D eigenvalue weighted by molar-refractivity contribution is 6.12. The number of imide groups is 1. The number of carbonyl (C=O) groups excluding carboxylic acids is 3. The summed E-state index contributed by atoms with van der Waals surface area (Å²) in [6, 6.07) is 8.42. The third kappa shape index (κ3) is 3.31. The van der Waals surface area contributed by atoms with Gasteiger partial charge in [-0.15, -0.1) is 0 Å². The lowest BCUT2D eigenvalue weighted by Crippen LogP contribution is -2.42. The van der Waals surface area contributed by atoms with Crippen LogP contribution in [0, 0.1) is 0 Å². The van der Waals surface area contributed by atoms with Crippen LogP contribution in [0.3, 0.4) is 0 Å². The minimum Gasteiger partial charge on any atom is -0.336 e. The molecular formula is C14H18N4O3. The largest absolute Gasteiger partial charge is 0.336 e. The number of urea groups is 2. The van der Waals surface area contributed by atoms with Crippen LogP contribution < -0.4 is 10.2 Å². The molecule has 1 aliphatic rings. The first-order chi connectivity index (χ1) is 10.0. The van der Waals surface area contributed by atoms with Gasteiger partial charge < -0.3 is 10.2 Å². The Kier molecular flexibility index (Phi) is 4.42. The molecular weight excluding hydrogens is 272 g/mol. The Balaban J connectivity index is 1.95. The topological polar surface area (TPSA) is 73.0 Å². The standard InChI is InChI=1S/C14H18N4O3/c1-16(2)13(20)15-8-9-17-12(19)10-18(14(17)21)11-6-4-3-5-7-11/h3-7H,8-10H2,1-2H3,(H,15,20). The van der Waals surface area contributed by atoms with Crippen molar-refractivity contribution in [3.63, 3.8) is 0 Å². The van der Waals surface area contributed by atoms with E-state index in [0.717, 1.165) is 4.90 Å². The van der Waals surface area contributed by atoms with E-state index in [1.165, 1.54) is 9.80 Å². The van der Waals surface area contributed by atoms with Crippen molar-refractivity contribution in [2.75, 3.05) is 38.6 Å². The average Bonchev–Trinajstić information content (AvgIpc) is 2.75. The highest BCUT2D eigenvalue weighted by atomic mass is 16.2. The molecule has 1 heterocycles. The van der Waals surface area contributed by atoms with E-state index in [2.05, 4.69) is 5.32 Å². The Bertz CT molecular complexity index is 544. The molecule has 0 radical (unpaired) electrons. The summed E-state index contributed by atoms with van der Waals surface area (Å²) >= 11 is 0. The maximum Gasteiger partial charge on any atom is 0.331 e. The van der Waals surface area contributed by atoms with E-state index in [1.54, 1.807) is 26.2 Å². The van der Waals surface area contributed by atoms with Gasteiger partial charge in [-0.05, 0) is 12.1 Å². The Morgan fingerprint density at radius 1 is 1.24 bits per heavy atom. The molecule has 1 saturated heterocycles. The number of nitrogens with zero attached hydrogens (tertiary/aromatic N) is 3. The summed E-state index contributed by atoms with van der Waals surface area (Å²) in [7, 11) is 3.25. The molecule has 1 fully saturated rings. The molecule has 1 N–H and O–H groups in total. The van der Waals surface area contributed by atoms with Gasteiger partial charge in [0.05, 0.1) is 0 Å². The van der Waals surface area contributed by atoms with Crippen LogP contribution in [-0.2, 0) is 4.79 Å². The van der Waals surface area contributed by atoms with Crippen LogP contribution in [-0.4, -0.2) is 61.5 Å². The summed E-state index contributed by atoms with van der Waals surface area (Å²) in [5, 5.41) is 2.63. The molecule has 0 bridgehead atoms. The Morgan fingerprint density at radius 2 is 1.90 bits per heavy atom. The van der Waals surface area contributed by atoms with E-state index in [1.807, 2.05) is 18.2 Å². The van der Waals surface area contributed by atoms with Gasteiger partial charge >= 0.3 is 12.1 Å². The summed E-state index contributed by atoms with van der Waals surface area (Å²) in [6.45, 7) is 0.433. The van der Waals surface area contributed by atoms with Gasteiger partial charge in [-0.1, -0.05) is 18.2 Å². The molecule has 1 aromatic carbocycles. The molecule has 7 nitrogen and oxygen atoms in total. The fourth-order valence-corrected chi connectivity index (χ4v) is 2.00. The lowest BCUT2D eigenvalue weighted by atomic mass is 10.3. The van der Waals surface area contributed by atoms with Crippen LogP contribution >= 0.6 is 0 Å². The van der Waals surface area contributed by atoms with Crippen molar-refractivity contribution in [3.05, 3.63) is 30.3 Å². The van der Waals surface area contributed by atoms with Crippen LogP contribution in [0.4, 0.5) is 15.3 Å². The molecule has 0 unspecified atom stereocenters. The molecule has 0 aliphatic carbocycles. The Hall–Kier alpha value is -2.57. The molecule has 1 aliphatic heterocycles. The van der Waals surface area contributed by atoms with Crippen LogP contribution in [0.25, 0.3) is 0 Å². The SMILES string of the molecule is CN(C)C(=O)NCCN1C(=O)CN(c2ccccc2)C1=O. The van der Waals surface area contributed by atoms with Crippen molar-refractivity contribution >= 4 is 23.7 Å². The minimum atomic E-state index is -0.356. The number of nitrogens with one attached hydrogen (secondary N) is 1. The van der Waals surface area contributed by atoms with Gasteiger partial charge in [0.25, 0.3) is 5.91 Å². The molecule has 5 amide bonds. The van der Waals surface area contributed by atoms with Gasteiger partial charge in [0.2, 0.25) is 0 Å². The second-order valence-electron chi connectivity index (χ2n) is 4.88. The number of hydrogen-bond acceptors (Lipinski definition) is 3. The van der Waals surface area contributed by atoms with Crippen molar-refractivity contribution in [2.45, 2.75) is 0 Å². The summed E-state index contributed by atoms with van der Waals surface area (Å²) < 4.78 is 0. The third-order valence-electron chi connectivity index (χ3n) is 3.14. The number of benzene rings is 1. The molecule has 0 aromatic heterocycles. The minimum absolute atomic E-state index is 0.0322. The first-order valence-electron chi connectivity index (χ1n) is 6.63. The van der Waals surface area contributed by atoms with E-state index < -0.39 is 0 Å². The number of hydrogen-bond donors (Lipinski definition) is 1. The zero-order valence-corrected chi connectivity index (χ0v) is 12.1. The number of anilines is 1. The second-order valence-corrected chi connectivity index (χ2v) is 4.88. The van der Waals surface area contributed by atoms with Gasteiger partial charge in [-0.25, -0.2) is 9.59 Å². The quantitative estimate of drug-likeness (QED) is 0.831. The molecule has 21 heavy (non-hydrogen) atoms. The predicted octanol–water partition coefficient (Wildman–Crippen LogP) is 0.726.